The Balaban J connectivity index is 1.48. The number of amides is 1. The lowest BCUT2D eigenvalue weighted by Gasteiger charge is -2.36. The number of aromatic nitrogens is 5. The van der Waals surface area contributed by atoms with Gasteiger partial charge in [-0.2, -0.15) is 19.0 Å². The van der Waals surface area contributed by atoms with Crippen molar-refractivity contribution in [2.45, 2.75) is 32.5 Å². The highest BCUT2D eigenvalue weighted by molar-refractivity contribution is 7.18. The Kier molecular flexibility index (Phi) is 8.45. The third-order valence-electron chi connectivity index (χ3n) is 8.60. The number of aryl methyl sites for hydroxylation is 1. The molecule has 14 heteroatoms. The number of pyridine rings is 1. The van der Waals surface area contributed by atoms with Crippen molar-refractivity contribution in [2.24, 2.45) is 7.05 Å². The van der Waals surface area contributed by atoms with Crippen LogP contribution in [0.4, 0.5) is 17.6 Å². The van der Waals surface area contributed by atoms with Crippen molar-refractivity contribution in [3.8, 4) is 39.5 Å². The Labute approximate surface area is 282 Å². The summed E-state index contributed by atoms with van der Waals surface area (Å²) in [6.07, 6.45) is 3.18. The molecule has 0 fully saturated rings. The van der Waals surface area contributed by atoms with Crippen LogP contribution in [0.1, 0.15) is 31.6 Å². The highest BCUT2D eigenvalue weighted by Gasteiger charge is 2.34. The largest absolute Gasteiger partial charge is 0.490 e. The second kappa shape index (κ2) is 12.7. The normalized spacial score (nSPS) is 16.1. The maximum absolute atomic E-state index is 16.1. The van der Waals surface area contributed by atoms with Crippen molar-refractivity contribution in [1.29, 1.82) is 0 Å². The van der Waals surface area contributed by atoms with Gasteiger partial charge in [0, 0.05) is 58.5 Å². The predicted molar refractivity (Wildman–Crippen MR) is 178 cm³/mol. The Hall–Kier alpha value is -5.08. The molecule has 0 saturated carbocycles. The van der Waals surface area contributed by atoms with Gasteiger partial charge in [-0.1, -0.05) is 18.7 Å². The quantitative estimate of drug-likeness (QED) is 0.0871. The molecule has 0 radical (unpaired) electrons. The van der Waals surface area contributed by atoms with E-state index in [4.69, 9.17) is 14.8 Å². The number of thiophene rings is 1. The minimum atomic E-state index is -3.03. The number of alkyl halides is 2. The summed E-state index contributed by atoms with van der Waals surface area (Å²) in [7, 11) is 1.84. The molecular formula is C35H30F4N6O3S. The molecule has 2 aromatic carbocycles. The molecule has 0 aliphatic carbocycles. The van der Waals surface area contributed by atoms with E-state index in [2.05, 4.69) is 16.4 Å². The highest BCUT2D eigenvalue weighted by atomic mass is 32.1. The Morgan fingerprint density at radius 3 is 2.67 bits per heavy atom. The number of hydrogen-bond donors (Lipinski definition) is 0. The van der Waals surface area contributed by atoms with Crippen LogP contribution in [0, 0.1) is 11.6 Å². The molecule has 6 aromatic rings. The van der Waals surface area contributed by atoms with Crippen LogP contribution in [0.2, 0.25) is 0 Å². The van der Waals surface area contributed by atoms with E-state index in [1.54, 1.807) is 9.58 Å². The lowest BCUT2D eigenvalue weighted by atomic mass is 9.96. The maximum Gasteiger partial charge on any atom is 0.345 e. The zero-order chi connectivity index (χ0) is 34.6. The molecule has 9 nitrogen and oxygen atoms in total. The van der Waals surface area contributed by atoms with Crippen molar-refractivity contribution in [1.82, 2.24) is 29.4 Å². The summed E-state index contributed by atoms with van der Waals surface area (Å²) in [6.45, 7) is 3.94. The summed E-state index contributed by atoms with van der Waals surface area (Å²) in [5.41, 5.74) is 3.72. The molecule has 0 N–H and O–H groups in total. The number of benzene rings is 2. The molecule has 1 aliphatic heterocycles. The summed E-state index contributed by atoms with van der Waals surface area (Å²) in [6, 6.07) is 10.7. The monoisotopic (exact) mass is 690 g/mol. The summed E-state index contributed by atoms with van der Waals surface area (Å²) in [5, 5.41) is 13.0. The number of nitrogens with zero attached hydrogens (tertiary/aromatic N) is 6. The standard InChI is InChI=1S/C35H30F4N6O3S/c1-5-29(46)44-16-18(2)45-27(19(44)3)15-26(42-45)33-31(30-24(37)13-22(36)14-28(30)47-9-10-48-35(38)39)34-23(8-11-49-34)32(40-33)20-6-7-21-17-43(4)41-25(21)12-20/h5-8,11-15,17-19,35H,1,9-10,16H2,2-4H3/t18-,19+/m0/s1. The Morgan fingerprint density at radius 2 is 1.90 bits per heavy atom. The number of carbonyl (C=O) groups is 1. The topological polar surface area (TPSA) is 87.3 Å². The van der Waals surface area contributed by atoms with Crippen LogP contribution in [-0.2, 0) is 16.6 Å². The molecule has 0 saturated heterocycles. The highest BCUT2D eigenvalue weighted by Crippen LogP contribution is 2.48. The average Bonchev–Trinajstić information content (AvgIpc) is 3.82. The van der Waals surface area contributed by atoms with E-state index in [1.165, 1.54) is 17.4 Å². The van der Waals surface area contributed by atoms with Crippen LogP contribution < -0.4 is 4.74 Å². The third kappa shape index (κ3) is 5.84. The fourth-order valence-electron chi connectivity index (χ4n) is 6.41. The van der Waals surface area contributed by atoms with Gasteiger partial charge in [-0.3, -0.25) is 14.2 Å². The van der Waals surface area contributed by atoms with Gasteiger partial charge >= 0.3 is 6.61 Å². The Bertz CT molecular complexity index is 2250. The Morgan fingerprint density at radius 1 is 1.08 bits per heavy atom. The first-order valence-corrected chi connectivity index (χ1v) is 16.3. The van der Waals surface area contributed by atoms with Crippen LogP contribution in [0.15, 0.2) is 66.7 Å². The fraction of sp³-hybridized carbons (Fsp3) is 0.257. The first-order chi connectivity index (χ1) is 23.5. The number of hydrogen-bond acceptors (Lipinski definition) is 7. The van der Waals surface area contributed by atoms with Crippen LogP contribution in [0.5, 0.6) is 5.75 Å². The van der Waals surface area contributed by atoms with Crippen molar-refractivity contribution in [2.75, 3.05) is 19.8 Å². The SMILES string of the molecule is C=CC(=O)N1C[C@H](C)n2nc(-c3nc(-c4ccc5cn(C)nc5c4)c4ccsc4c3-c3c(F)cc(F)cc3OCCOC(F)F)cc2[C@H]1C. The van der Waals surface area contributed by atoms with Crippen LogP contribution in [0.3, 0.4) is 0 Å². The van der Waals surface area contributed by atoms with E-state index in [0.717, 1.165) is 34.3 Å². The van der Waals surface area contributed by atoms with Gasteiger partial charge in [0.1, 0.15) is 35.4 Å². The molecule has 7 rings (SSSR count). The van der Waals surface area contributed by atoms with Crippen molar-refractivity contribution in [3.63, 3.8) is 0 Å². The molecular weight excluding hydrogens is 660 g/mol. The zero-order valence-electron chi connectivity index (χ0n) is 26.7. The lowest BCUT2D eigenvalue weighted by Crippen LogP contribution is -2.42. The van der Waals surface area contributed by atoms with E-state index in [0.29, 0.717) is 33.6 Å². The number of ether oxygens (including phenoxy) is 2. The van der Waals surface area contributed by atoms with Crippen LogP contribution >= 0.6 is 11.3 Å². The minimum absolute atomic E-state index is 0.101. The molecule has 2 atom stereocenters. The van der Waals surface area contributed by atoms with Gasteiger partial charge in [-0.15, -0.1) is 11.3 Å². The van der Waals surface area contributed by atoms with Crippen LogP contribution in [-0.4, -0.2) is 61.7 Å². The molecule has 1 amide bonds. The van der Waals surface area contributed by atoms with E-state index in [-0.39, 0.29) is 41.6 Å². The zero-order valence-corrected chi connectivity index (χ0v) is 27.5. The maximum atomic E-state index is 16.1. The first kappa shape index (κ1) is 32.5. The first-order valence-electron chi connectivity index (χ1n) is 15.4. The summed E-state index contributed by atoms with van der Waals surface area (Å²) in [5.74, 6) is -2.26. The van der Waals surface area contributed by atoms with E-state index in [9.17, 15) is 18.0 Å². The number of rotatable bonds is 9. The molecule has 49 heavy (non-hydrogen) atoms. The second-order valence-corrected chi connectivity index (χ2v) is 12.7. The van der Waals surface area contributed by atoms with Crippen molar-refractivity contribution >= 4 is 38.2 Å². The van der Waals surface area contributed by atoms with Crippen LogP contribution in [0.25, 0.3) is 54.8 Å². The minimum Gasteiger partial charge on any atom is -0.490 e. The predicted octanol–water partition coefficient (Wildman–Crippen LogP) is 7.93. The van der Waals surface area contributed by atoms with Gasteiger partial charge in [0.25, 0.3) is 0 Å². The average molecular weight is 691 g/mol. The smallest absolute Gasteiger partial charge is 0.345 e. The van der Waals surface area contributed by atoms with Gasteiger partial charge in [-0.25, -0.2) is 13.8 Å². The molecule has 0 unspecified atom stereocenters. The van der Waals surface area contributed by atoms with Crippen molar-refractivity contribution in [3.05, 3.63) is 84.0 Å². The summed E-state index contributed by atoms with van der Waals surface area (Å²) in [4.78, 5) is 19.6. The third-order valence-corrected chi connectivity index (χ3v) is 9.53. The molecule has 252 valence electrons. The summed E-state index contributed by atoms with van der Waals surface area (Å²) < 4.78 is 70.3. The van der Waals surface area contributed by atoms with Crippen molar-refractivity contribution < 1.29 is 31.8 Å². The lowest BCUT2D eigenvalue weighted by molar-refractivity contribution is -0.133. The number of carbonyl (C=O) groups excluding carboxylic acids is 1. The van der Waals surface area contributed by atoms with Gasteiger partial charge in [0.2, 0.25) is 5.91 Å². The molecule has 4 aromatic heterocycles. The second-order valence-electron chi connectivity index (χ2n) is 11.8. The molecule has 5 heterocycles. The number of halogens is 4. The van der Waals surface area contributed by atoms with Gasteiger partial charge in [-0.05, 0) is 43.5 Å². The van der Waals surface area contributed by atoms with Gasteiger partial charge in [0.05, 0.1) is 41.2 Å². The molecule has 0 bridgehead atoms. The molecule has 0 spiro atoms. The number of fused-ring (bicyclic) bond motifs is 3. The van der Waals surface area contributed by atoms with Gasteiger partial charge < -0.3 is 14.4 Å². The van der Waals surface area contributed by atoms with Gasteiger partial charge in [0.15, 0.2) is 0 Å². The molecule has 1 aliphatic rings. The van der Waals surface area contributed by atoms with E-state index < -0.39 is 24.9 Å². The fourth-order valence-corrected chi connectivity index (χ4v) is 7.36. The summed E-state index contributed by atoms with van der Waals surface area (Å²) >= 11 is 1.33. The van der Waals surface area contributed by atoms with E-state index >= 15 is 4.39 Å². The van der Waals surface area contributed by atoms with E-state index in [1.807, 2.05) is 67.5 Å².